The summed E-state index contributed by atoms with van der Waals surface area (Å²) in [5.74, 6) is 0.627. The molecule has 0 aromatic heterocycles. The molecule has 0 heterocycles. The molecule has 0 spiro atoms. The van der Waals surface area contributed by atoms with E-state index in [9.17, 15) is 0 Å². The molecule has 0 saturated heterocycles. The normalized spacial score (nSPS) is 21.1. The molecular weight excluding hydrogens is 172 g/mol. The van der Waals surface area contributed by atoms with Crippen LogP contribution in [0.25, 0.3) is 0 Å². The van der Waals surface area contributed by atoms with Crippen molar-refractivity contribution in [3.63, 3.8) is 0 Å². The van der Waals surface area contributed by atoms with Gasteiger partial charge >= 0.3 is 0 Å². The first-order valence-corrected chi connectivity index (χ1v) is 5.85. The Bertz CT molecular complexity index is 187. The molecule has 0 aliphatic heterocycles. The third-order valence-electron chi connectivity index (χ3n) is 3.36. The number of rotatable bonds is 4. The van der Waals surface area contributed by atoms with E-state index in [0.717, 1.165) is 12.2 Å². The van der Waals surface area contributed by atoms with Gasteiger partial charge in [-0.05, 0) is 25.7 Å². The molecule has 1 aliphatic carbocycles. The lowest BCUT2D eigenvalue weighted by Crippen LogP contribution is -2.40. The van der Waals surface area contributed by atoms with Gasteiger partial charge in [0.2, 0.25) is 0 Å². The standard InChI is InChI=1S/C13H24O/c1-11(2)10-14-13(12(3)4)8-6-5-7-9-13/h12H,1,5-10H2,2-4H3. The van der Waals surface area contributed by atoms with E-state index < -0.39 is 0 Å². The predicted octanol–water partition coefficient (Wildman–Crippen LogP) is 3.94. The summed E-state index contributed by atoms with van der Waals surface area (Å²) in [7, 11) is 0. The van der Waals surface area contributed by atoms with Crippen LogP contribution in [0, 0.1) is 5.92 Å². The molecule has 0 N–H and O–H groups in total. The monoisotopic (exact) mass is 196 g/mol. The molecule has 0 aromatic rings. The number of ether oxygens (including phenoxy) is 1. The lowest BCUT2D eigenvalue weighted by Gasteiger charge is -2.41. The van der Waals surface area contributed by atoms with Crippen LogP contribution in [-0.4, -0.2) is 12.2 Å². The number of hydrogen-bond donors (Lipinski definition) is 0. The maximum atomic E-state index is 6.09. The highest BCUT2D eigenvalue weighted by atomic mass is 16.5. The fraction of sp³-hybridized carbons (Fsp3) is 0.846. The zero-order valence-electron chi connectivity index (χ0n) is 9.94. The Morgan fingerprint density at radius 1 is 1.29 bits per heavy atom. The molecule has 0 radical (unpaired) electrons. The van der Waals surface area contributed by atoms with Gasteiger partial charge in [0.1, 0.15) is 0 Å². The molecule has 0 atom stereocenters. The molecular formula is C13H24O. The Morgan fingerprint density at radius 3 is 2.29 bits per heavy atom. The van der Waals surface area contributed by atoms with Crippen molar-refractivity contribution in [2.75, 3.05) is 6.61 Å². The Hall–Kier alpha value is -0.300. The van der Waals surface area contributed by atoms with E-state index >= 15 is 0 Å². The van der Waals surface area contributed by atoms with E-state index in [2.05, 4.69) is 20.4 Å². The van der Waals surface area contributed by atoms with Crippen LogP contribution in [0.2, 0.25) is 0 Å². The van der Waals surface area contributed by atoms with Crippen LogP contribution in [0.5, 0.6) is 0 Å². The Morgan fingerprint density at radius 2 is 1.86 bits per heavy atom. The number of hydrogen-bond acceptors (Lipinski definition) is 1. The predicted molar refractivity (Wildman–Crippen MR) is 61.4 cm³/mol. The maximum Gasteiger partial charge on any atom is 0.0709 e. The summed E-state index contributed by atoms with van der Waals surface area (Å²) >= 11 is 0. The summed E-state index contributed by atoms with van der Waals surface area (Å²) in [6.45, 7) is 11.2. The lowest BCUT2D eigenvalue weighted by atomic mass is 9.77. The van der Waals surface area contributed by atoms with Crippen LogP contribution in [0.4, 0.5) is 0 Å². The molecule has 1 rings (SSSR count). The first-order chi connectivity index (χ1) is 6.57. The molecule has 0 bridgehead atoms. The molecule has 1 aliphatic rings. The molecule has 0 amide bonds. The van der Waals surface area contributed by atoms with Gasteiger partial charge in [-0.2, -0.15) is 0 Å². The van der Waals surface area contributed by atoms with Gasteiger partial charge in [0.15, 0.2) is 0 Å². The van der Waals surface area contributed by atoms with E-state index in [-0.39, 0.29) is 5.60 Å². The maximum absolute atomic E-state index is 6.09. The zero-order chi connectivity index (χ0) is 10.6. The summed E-state index contributed by atoms with van der Waals surface area (Å²) in [5.41, 5.74) is 1.28. The minimum Gasteiger partial charge on any atom is -0.370 e. The van der Waals surface area contributed by atoms with Crippen LogP contribution in [0.15, 0.2) is 12.2 Å². The minimum atomic E-state index is 0.150. The first kappa shape index (κ1) is 11.8. The van der Waals surface area contributed by atoms with Crippen molar-refractivity contribution in [2.24, 2.45) is 5.92 Å². The molecule has 0 aromatic carbocycles. The average molecular weight is 196 g/mol. The van der Waals surface area contributed by atoms with E-state index in [4.69, 9.17) is 4.74 Å². The Balaban J connectivity index is 2.56. The van der Waals surface area contributed by atoms with Gasteiger partial charge < -0.3 is 4.74 Å². The average Bonchev–Trinajstić information content (AvgIpc) is 2.16. The summed E-state index contributed by atoms with van der Waals surface area (Å²) in [5, 5.41) is 0. The fourth-order valence-electron chi connectivity index (χ4n) is 2.31. The third-order valence-corrected chi connectivity index (χ3v) is 3.36. The highest BCUT2D eigenvalue weighted by Crippen LogP contribution is 2.37. The zero-order valence-corrected chi connectivity index (χ0v) is 9.94. The van der Waals surface area contributed by atoms with Crippen molar-refractivity contribution in [3.05, 3.63) is 12.2 Å². The highest BCUT2D eigenvalue weighted by molar-refractivity contribution is 4.93. The second kappa shape index (κ2) is 4.97. The van der Waals surface area contributed by atoms with Gasteiger partial charge in [-0.3, -0.25) is 0 Å². The van der Waals surface area contributed by atoms with Crippen molar-refractivity contribution in [1.82, 2.24) is 0 Å². The highest BCUT2D eigenvalue weighted by Gasteiger charge is 2.35. The molecule has 1 saturated carbocycles. The third kappa shape index (κ3) is 2.84. The summed E-state index contributed by atoms with van der Waals surface area (Å²) in [4.78, 5) is 0. The Kier molecular flexibility index (Phi) is 4.18. The van der Waals surface area contributed by atoms with Crippen LogP contribution in [0.3, 0.4) is 0 Å². The van der Waals surface area contributed by atoms with Crippen LogP contribution in [-0.2, 0) is 4.74 Å². The minimum absolute atomic E-state index is 0.150. The second-order valence-electron chi connectivity index (χ2n) is 5.03. The smallest absolute Gasteiger partial charge is 0.0709 e. The van der Waals surface area contributed by atoms with E-state index in [1.54, 1.807) is 0 Å². The van der Waals surface area contributed by atoms with E-state index in [1.807, 2.05) is 6.92 Å². The van der Waals surface area contributed by atoms with Crippen LogP contribution in [0.1, 0.15) is 52.9 Å². The van der Waals surface area contributed by atoms with Gasteiger partial charge in [-0.1, -0.05) is 45.3 Å². The van der Waals surface area contributed by atoms with Gasteiger partial charge in [-0.25, -0.2) is 0 Å². The van der Waals surface area contributed by atoms with Gasteiger partial charge in [0, 0.05) is 0 Å². The summed E-state index contributed by atoms with van der Waals surface area (Å²) in [6.07, 6.45) is 6.50. The SMILES string of the molecule is C=C(C)COC1(C(C)C)CCCCC1. The molecule has 1 fully saturated rings. The van der Waals surface area contributed by atoms with Crippen LogP contribution >= 0.6 is 0 Å². The fourth-order valence-corrected chi connectivity index (χ4v) is 2.31. The Labute approximate surface area is 88.5 Å². The molecule has 1 heteroatoms. The van der Waals surface area contributed by atoms with E-state index in [0.29, 0.717) is 5.92 Å². The van der Waals surface area contributed by atoms with Crippen molar-refractivity contribution < 1.29 is 4.74 Å². The van der Waals surface area contributed by atoms with Crippen LogP contribution < -0.4 is 0 Å². The summed E-state index contributed by atoms with van der Waals surface area (Å²) < 4.78 is 6.09. The largest absolute Gasteiger partial charge is 0.370 e. The topological polar surface area (TPSA) is 9.23 Å². The first-order valence-electron chi connectivity index (χ1n) is 5.85. The van der Waals surface area contributed by atoms with Crippen molar-refractivity contribution in [3.8, 4) is 0 Å². The van der Waals surface area contributed by atoms with Crippen molar-refractivity contribution in [1.29, 1.82) is 0 Å². The molecule has 1 nitrogen and oxygen atoms in total. The molecule has 82 valence electrons. The van der Waals surface area contributed by atoms with Crippen molar-refractivity contribution in [2.45, 2.75) is 58.5 Å². The van der Waals surface area contributed by atoms with Gasteiger partial charge in [0.25, 0.3) is 0 Å². The van der Waals surface area contributed by atoms with E-state index in [1.165, 1.54) is 32.1 Å². The molecule has 14 heavy (non-hydrogen) atoms. The van der Waals surface area contributed by atoms with Gasteiger partial charge in [0.05, 0.1) is 12.2 Å². The van der Waals surface area contributed by atoms with Crippen molar-refractivity contribution >= 4 is 0 Å². The second-order valence-corrected chi connectivity index (χ2v) is 5.03. The quantitative estimate of drug-likeness (QED) is 0.619. The summed E-state index contributed by atoms with van der Waals surface area (Å²) in [6, 6.07) is 0. The lowest BCUT2D eigenvalue weighted by molar-refractivity contribution is -0.0923. The van der Waals surface area contributed by atoms with Gasteiger partial charge in [-0.15, -0.1) is 0 Å². The molecule has 0 unspecified atom stereocenters.